The van der Waals surface area contributed by atoms with E-state index in [1.807, 2.05) is 26.8 Å². The van der Waals surface area contributed by atoms with Crippen LogP contribution in [-0.2, 0) is 28.9 Å². The van der Waals surface area contributed by atoms with E-state index in [-0.39, 0.29) is 5.91 Å². The smallest absolute Gasteiger partial charge is 0.220 e. The molecule has 0 spiro atoms. The number of rotatable bonds is 9. The van der Waals surface area contributed by atoms with Crippen molar-refractivity contribution >= 4 is 12.2 Å². The first-order valence-corrected chi connectivity index (χ1v) is 18.0. The summed E-state index contributed by atoms with van der Waals surface area (Å²) in [5, 5.41) is 2.89. The van der Waals surface area contributed by atoms with Crippen LogP contribution in [0.3, 0.4) is 0 Å². The lowest BCUT2D eigenvalue weighted by atomic mass is 9.86. The lowest BCUT2D eigenvalue weighted by Gasteiger charge is -2.18. The minimum Gasteiger partial charge on any atom is -0.345 e. The van der Waals surface area contributed by atoms with Gasteiger partial charge in [-0.15, -0.1) is 12.3 Å². The molecule has 0 heterocycles. The topological polar surface area (TPSA) is 46.2 Å². The Morgan fingerprint density at radius 1 is 0.898 bits per heavy atom. The molecule has 1 N–H and O–H groups in total. The van der Waals surface area contributed by atoms with Crippen molar-refractivity contribution in [2.24, 2.45) is 5.41 Å². The molecule has 0 aliphatic carbocycles. The third kappa shape index (κ3) is 29.8. The molecule has 0 saturated heterocycles. The summed E-state index contributed by atoms with van der Waals surface area (Å²) in [4.78, 5) is 20.5. The highest BCUT2D eigenvalue weighted by Gasteiger charge is 2.14. The number of hydrogen-bond acceptors (Lipinski definition) is 2. The maximum Gasteiger partial charge on any atom is 0.220 e. The Morgan fingerprint density at radius 2 is 1.37 bits per heavy atom. The number of carbonyl (C=O) groups excluding carboxylic acids is 2. The van der Waals surface area contributed by atoms with Crippen LogP contribution in [0.5, 0.6) is 0 Å². The Morgan fingerprint density at radius 3 is 1.78 bits per heavy atom. The number of carbonyl (C=O) groups is 2. The summed E-state index contributed by atoms with van der Waals surface area (Å²) in [5.41, 5.74) is 8.34. The molecular formula is C46H69NO2. The second-order valence-electron chi connectivity index (χ2n) is 12.9. The molecule has 270 valence electrons. The summed E-state index contributed by atoms with van der Waals surface area (Å²) in [6, 6.07) is 25.6. The van der Waals surface area contributed by atoms with Crippen molar-refractivity contribution in [3.05, 3.63) is 106 Å². The first kappa shape index (κ1) is 49.3. The van der Waals surface area contributed by atoms with Crippen molar-refractivity contribution < 1.29 is 9.59 Å². The van der Waals surface area contributed by atoms with Gasteiger partial charge in [-0.2, -0.15) is 0 Å². The van der Waals surface area contributed by atoms with Gasteiger partial charge in [0.15, 0.2) is 0 Å². The van der Waals surface area contributed by atoms with Crippen molar-refractivity contribution in [1.29, 1.82) is 0 Å². The first-order valence-electron chi connectivity index (χ1n) is 18.0. The Balaban J connectivity index is -0.000000817. The molecule has 0 bridgehead atoms. The summed E-state index contributed by atoms with van der Waals surface area (Å²) < 4.78 is 0. The maximum absolute atomic E-state index is 11.7. The molecule has 0 aliphatic heterocycles. The predicted molar refractivity (Wildman–Crippen MR) is 217 cm³/mol. The molecule has 3 nitrogen and oxygen atoms in total. The highest BCUT2D eigenvalue weighted by Crippen LogP contribution is 2.28. The first-order chi connectivity index (χ1) is 23.3. The molecule has 3 aromatic rings. The lowest BCUT2D eigenvalue weighted by molar-refractivity contribution is -0.120. The van der Waals surface area contributed by atoms with E-state index < -0.39 is 0 Å². The SMILES string of the molecule is C#CC.CC.CC(C)(C)C.CC=O.CCCC(=O)NCC#Cc1c(CCC)cc(C)cc1C(C)Cc1ccccc1.CCc1ccccc1. The van der Waals surface area contributed by atoms with E-state index in [2.05, 4.69) is 152 Å². The van der Waals surface area contributed by atoms with E-state index in [9.17, 15) is 4.79 Å². The van der Waals surface area contributed by atoms with E-state index in [0.717, 1.165) is 44.0 Å². The summed E-state index contributed by atoms with van der Waals surface area (Å²) in [6.07, 6.45) is 11.0. The minimum atomic E-state index is 0.0761. The molecule has 0 fully saturated rings. The van der Waals surface area contributed by atoms with Gasteiger partial charge in [0.05, 0.1) is 6.54 Å². The normalized spacial score (nSPS) is 9.80. The van der Waals surface area contributed by atoms with Crippen LogP contribution in [0.25, 0.3) is 0 Å². The van der Waals surface area contributed by atoms with Crippen molar-refractivity contribution in [3.63, 3.8) is 0 Å². The molecule has 0 aliphatic rings. The average molecular weight is 668 g/mol. The summed E-state index contributed by atoms with van der Waals surface area (Å²) in [6.45, 7) is 27.1. The molecular weight excluding hydrogens is 599 g/mol. The monoisotopic (exact) mass is 668 g/mol. The third-order valence-electron chi connectivity index (χ3n) is 6.15. The highest BCUT2D eigenvalue weighted by molar-refractivity contribution is 5.76. The molecule has 0 aromatic heterocycles. The van der Waals surface area contributed by atoms with Crippen LogP contribution < -0.4 is 5.32 Å². The van der Waals surface area contributed by atoms with Crippen LogP contribution in [0.1, 0.15) is 142 Å². The second kappa shape index (κ2) is 32.5. The largest absolute Gasteiger partial charge is 0.345 e. The highest BCUT2D eigenvalue weighted by atomic mass is 16.1. The lowest BCUT2D eigenvalue weighted by Crippen LogP contribution is -2.22. The van der Waals surface area contributed by atoms with Gasteiger partial charge in [0.25, 0.3) is 0 Å². The van der Waals surface area contributed by atoms with Gasteiger partial charge >= 0.3 is 0 Å². The molecule has 3 heteroatoms. The zero-order valence-electron chi connectivity index (χ0n) is 33.4. The van der Waals surface area contributed by atoms with Crippen LogP contribution in [0.15, 0.2) is 72.8 Å². The van der Waals surface area contributed by atoms with E-state index in [1.54, 1.807) is 6.92 Å². The van der Waals surface area contributed by atoms with Gasteiger partial charge in [0.1, 0.15) is 6.29 Å². The molecule has 3 rings (SSSR count). The number of aryl methyl sites for hydroxylation is 3. The fourth-order valence-electron chi connectivity index (χ4n) is 4.28. The van der Waals surface area contributed by atoms with Gasteiger partial charge in [-0.3, -0.25) is 4.79 Å². The summed E-state index contributed by atoms with van der Waals surface area (Å²) in [5.74, 6) is 9.29. The fourth-order valence-corrected chi connectivity index (χ4v) is 4.28. The Bertz CT molecular complexity index is 1330. The summed E-state index contributed by atoms with van der Waals surface area (Å²) >= 11 is 0. The molecule has 1 atom stereocenters. The van der Waals surface area contributed by atoms with Crippen LogP contribution in [0, 0.1) is 36.5 Å². The van der Waals surface area contributed by atoms with Crippen molar-refractivity contribution in [1.82, 2.24) is 5.32 Å². The standard InChI is InChI=1S/C26H33NO.C8H10.C5H12.C3H4.C2H4O.C2H6/c1-5-11-23-17-20(3)18-25(21(4)19-22-13-8-7-9-14-22)24(23)15-10-16-27-26(28)12-6-2;1-2-8-6-4-3-5-7-8;1-5(2,3)4;1-3-2;1-2-3;1-2/h7-9,13-14,17-18,21H,5-6,11-12,16,19H2,1-4H3,(H,27,28);3-7H,2H2,1H3;1-4H3;1H,2H3;2H,1H3;1-2H3. The molecule has 1 amide bonds. The molecule has 49 heavy (non-hydrogen) atoms. The van der Waals surface area contributed by atoms with E-state index >= 15 is 0 Å². The Labute approximate surface area is 303 Å². The number of hydrogen-bond donors (Lipinski definition) is 1. The van der Waals surface area contributed by atoms with E-state index in [4.69, 9.17) is 4.79 Å². The van der Waals surface area contributed by atoms with E-state index in [0.29, 0.717) is 24.3 Å². The number of nitrogens with one attached hydrogen (secondary N) is 1. The average Bonchev–Trinajstić information content (AvgIpc) is 3.06. The molecule has 0 radical (unpaired) electrons. The molecule has 3 aromatic carbocycles. The van der Waals surface area contributed by atoms with Gasteiger partial charge in [-0.05, 0) is 80.0 Å². The van der Waals surface area contributed by atoms with Gasteiger partial charge in [-0.1, -0.05) is 166 Å². The van der Waals surface area contributed by atoms with Crippen LogP contribution >= 0.6 is 0 Å². The van der Waals surface area contributed by atoms with Crippen molar-refractivity contribution in [3.8, 4) is 24.2 Å². The molecule has 1 unspecified atom stereocenters. The fraction of sp³-hybridized carbons (Fsp3) is 0.478. The second-order valence-corrected chi connectivity index (χ2v) is 12.9. The zero-order valence-corrected chi connectivity index (χ0v) is 33.4. The Kier molecular flexibility index (Phi) is 32.7. The molecule has 0 saturated carbocycles. The zero-order chi connectivity index (χ0) is 38.1. The van der Waals surface area contributed by atoms with Gasteiger partial charge < -0.3 is 10.1 Å². The van der Waals surface area contributed by atoms with Gasteiger partial charge in [0, 0.05) is 12.0 Å². The van der Waals surface area contributed by atoms with Crippen LogP contribution in [-0.4, -0.2) is 18.7 Å². The van der Waals surface area contributed by atoms with Crippen molar-refractivity contribution in [2.45, 2.75) is 134 Å². The minimum absolute atomic E-state index is 0.0761. The van der Waals surface area contributed by atoms with Crippen LogP contribution in [0.4, 0.5) is 0 Å². The number of benzene rings is 3. The van der Waals surface area contributed by atoms with E-state index in [1.165, 1.54) is 34.7 Å². The number of aldehydes is 1. The van der Waals surface area contributed by atoms with Crippen molar-refractivity contribution in [2.75, 3.05) is 6.54 Å². The maximum atomic E-state index is 11.7. The number of amides is 1. The quantitative estimate of drug-likeness (QED) is 0.182. The predicted octanol–water partition coefficient (Wildman–Crippen LogP) is 11.7. The Hall–Kier alpha value is -4.08. The third-order valence-corrected chi connectivity index (χ3v) is 6.15. The van der Waals surface area contributed by atoms with Gasteiger partial charge in [0.2, 0.25) is 5.91 Å². The summed E-state index contributed by atoms with van der Waals surface area (Å²) in [7, 11) is 0. The van der Waals surface area contributed by atoms with Crippen LogP contribution in [0.2, 0.25) is 0 Å². The number of terminal acetylenes is 1. The van der Waals surface area contributed by atoms with Gasteiger partial charge in [-0.25, -0.2) is 0 Å².